The molecule has 1 aromatic carbocycles. The number of hydrogen-bond donors (Lipinski definition) is 0. The van der Waals surface area contributed by atoms with Crippen LogP contribution in [0, 0.1) is 0 Å². The van der Waals surface area contributed by atoms with E-state index in [0.717, 1.165) is 28.9 Å². The Balaban J connectivity index is 1.96. The number of aromatic nitrogens is 1. The van der Waals surface area contributed by atoms with Crippen LogP contribution in [0.25, 0.3) is 5.57 Å². The summed E-state index contributed by atoms with van der Waals surface area (Å²) in [5.74, 6) is -0.723. The normalized spacial score (nSPS) is 12.8. The molecule has 0 spiro atoms. The van der Waals surface area contributed by atoms with Gasteiger partial charge in [-0.05, 0) is 33.5 Å². The Morgan fingerprint density at radius 3 is 2.86 bits per heavy atom. The van der Waals surface area contributed by atoms with E-state index in [1.165, 1.54) is 7.11 Å². The van der Waals surface area contributed by atoms with Gasteiger partial charge in [-0.15, -0.1) is 11.3 Å². The predicted octanol–water partition coefficient (Wildman–Crippen LogP) is 3.51. The SMILES string of the molecule is COC(=O)c1nc(C(=O)C2=CCc3ccccc32)sc1Br. The zero-order valence-corrected chi connectivity index (χ0v) is 13.5. The van der Waals surface area contributed by atoms with E-state index in [1.807, 2.05) is 30.3 Å². The Hall–Kier alpha value is -1.79. The molecule has 6 heteroatoms. The van der Waals surface area contributed by atoms with Crippen molar-refractivity contribution in [3.05, 3.63) is 56.0 Å². The molecular weight excluding hydrogens is 354 g/mol. The number of Topliss-reactive ketones (excluding diaryl/α,β-unsaturated/α-hetero) is 1. The van der Waals surface area contributed by atoms with Crippen LogP contribution in [0.1, 0.15) is 31.4 Å². The standard InChI is InChI=1S/C15H10BrNO3S/c1-20-15(19)11-13(16)21-14(17-11)12(18)10-7-6-8-4-2-3-5-9(8)10/h2-5,7H,6H2,1H3. The Morgan fingerprint density at radius 1 is 1.33 bits per heavy atom. The lowest BCUT2D eigenvalue weighted by Gasteiger charge is -2.02. The van der Waals surface area contributed by atoms with Crippen LogP contribution in [-0.4, -0.2) is 23.8 Å². The summed E-state index contributed by atoms with van der Waals surface area (Å²) in [5.41, 5.74) is 2.85. The first-order chi connectivity index (χ1) is 10.1. The summed E-state index contributed by atoms with van der Waals surface area (Å²) in [4.78, 5) is 28.3. The van der Waals surface area contributed by atoms with Crippen LogP contribution in [0.3, 0.4) is 0 Å². The first-order valence-corrected chi connectivity index (χ1v) is 7.80. The van der Waals surface area contributed by atoms with Gasteiger partial charge in [0.25, 0.3) is 0 Å². The predicted molar refractivity (Wildman–Crippen MR) is 83.6 cm³/mol. The summed E-state index contributed by atoms with van der Waals surface area (Å²) in [7, 11) is 1.28. The van der Waals surface area contributed by atoms with Crippen LogP contribution in [0.2, 0.25) is 0 Å². The minimum Gasteiger partial charge on any atom is -0.464 e. The van der Waals surface area contributed by atoms with E-state index in [0.29, 0.717) is 9.36 Å². The third-order valence-corrected chi connectivity index (χ3v) is 4.94. The molecule has 1 aliphatic rings. The van der Waals surface area contributed by atoms with Gasteiger partial charge >= 0.3 is 5.97 Å². The second-order valence-corrected chi connectivity index (χ2v) is 6.76. The highest BCUT2D eigenvalue weighted by Crippen LogP contribution is 2.33. The highest BCUT2D eigenvalue weighted by Gasteiger charge is 2.26. The number of methoxy groups -OCH3 is 1. The van der Waals surface area contributed by atoms with Crippen molar-refractivity contribution in [1.82, 2.24) is 4.98 Å². The largest absolute Gasteiger partial charge is 0.464 e. The maximum absolute atomic E-state index is 12.6. The van der Waals surface area contributed by atoms with Gasteiger partial charge < -0.3 is 4.74 Å². The smallest absolute Gasteiger partial charge is 0.358 e. The summed E-state index contributed by atoms with van der Waals surface area (Å²) in [6.07, 6.45) is 2.65. The van der Waals surface area contributed by atoms with Gasteiger partial charge in [0.2, 0.25) is 5.78 Å². The molecule has 1 aromatic heterocycles. The molecule has 106 valence electrons. The third-order valence-electron chi connectivity index (χ3n) is 3.24. The number of benzene rings is 1. The number of thiazole rings is 1. The van der Waals surface area contributed by atoms with Gasteiger partial charge in [-0.3, -0.25) is 4.79 Å². The first-order valence-electron chi connectivity index (χ1n) is 6.19. The van der Waals surface area contributed by atoms with Crippen molar-refractivity contribution < 1.29 is 14.3 Å². The molecule has 0 aliphatic heterocycles. The molecule has 0 radical (unpaired) electrons. The quantitative estimate of drug-likeness (QED) is 0.618. The summed E-state index contributed by atoms with van der Waals surface area (Å²) in [6.45, 7) is 0. The van der Waals surface area contributed by atoms with E-state index in [4.69, 9.17) is 0 Å². The number of halogens is 1. The summed E-state index contributed by atoms with van der Waals surface area (Å²) in [6, 6.07) is 7.79. The molecule has 0 saturated carbocycles. The van der Waals surface area contributed by atoms with Crippen LogP contribution in [-0.2, 0) is 11.2 Å². The Kier molecular flexibility index (Phi) is 3.73. The molecule has 0 N–H and O–H groups in total. The first kappa shape index (κ1) is 14.2. The van der Waals surface area contributed by atoms with Crippen molar-refractivity contribution in [2.75, 3.05) is 7.11 Å². The van der Waals surface area contributed by atoms with Crippen molar-refractivity contribution in [3.63, 3.8) is 0 Å². The molecular formula is C15H10BrNO3S. The molecule has 0 unspecified atom stereocenters. The Bertz CT molecular complexity index is 779. The number of rotatable bonds is 3. The molecule has 0 saturated heterocycles. The van der Waals surface area contributed by atoms with Gasteiger partial charge in [0.15, 0.2) is 10.7 Å². The maximum Gasteiger partial charge on any atom is 0.358 e. The maximum atomic E-state index is 12.6. The monoisotopic (exact) mass is 363 g/mol. The van der Waals surface area contributed by atoms with E-state index >= 15 is 0 Å². The molecule has 0 atom stereocenters. The van der Waals surface area contributed by atoms with Crippen LogP contribution in [0.4, 0.5) is 0 Å². The van der Waals surface area contributed by atoms with Gasteiger partial charge in [-0.25, -0.2) is 9.78 Å². The fourth-order valence-corrected chi connectivity index (χ4v) is 3.68. The van der Waals surface area contributed by atoms with Crippen LogP contribution >= 0.6 is 27.3 Å². The topological polar surface area (TPSA) is 56.3 Å². The van der Waals surface area contributed by atoms with Gasteiger partial charge in [-0.1, -0.05) is 30.3 Å². The molecule has 3 rings (SSSR count). The molecule has 4 nitrogen and oxygen atoms in total. The highest BCUT2D eigenvalue weighted by atomic mass is 79.9. The molecule has 0 amide bonds. The number of nitrogens with zero attached hydrogens (tertiary/aromatic N) is 1. The zero-order valence-electron chi connectivity index (χ0n) is 11.1. The van der Waals surface area contributed by atoms with Crippen molar-refractivity contribution in [3.8, 4) is 0 Å². The lowest BCUT2D eigenvalue weighted by atomic mass is 10.0. The third kappa shape index (κ3) is 2.45. The van der Waals surface area contributed by atoms with Gasteiger partial charge in [0.05, 0.1) is 7.11 Å². The fraction of sp³-hybridized carbons (Fsp3) is 0.133. The van der Waals surface area contributed by atoms with Crippen LogP contribution in [0.5, 0.6) is 0 Å². The summed E-state index contributed by atoms with van der Waals surface area (Å²) < 4.78 is 5.15. The molecule has 1 aliphatic carbocycles. The number of ketones is 1. The number of allylic oxidation sites excluding steroid dienone is 2. The average molecular weight is 364 g/mol. The Labute approximate surface area is 133 Å². The number of carbonyl (C=O) groups excluding carboxylic acids is 2. The van der Waals surface area contributed by atoms with Crippen LogP contribution in [0.15, 0.2) is 34.1 Å². The number of carbonyl (C=O) groups is 2. The second-order valence-electron chi connectivity index (χ2n) is 4.44. The van der Waals surface area contributed by atoms with Crippen molar-refractivity contribution in [2.45, 2.75) is 6.42 Å². The number of ether oxygens (including phenoxy) is 1. The van der Waals surface area contributed by atoms with E-state index in [2.05, 4.69) is 25.7 Å². The van der Waals surface area contributed by atoms with E-state index < -0.39 is 5.97 Å². The van der Waals surface area contributed by atoms with Gasteiger partial charge in [-0.2, -0.15) is 0 Å². The molecule has 2 aromatic rings. The molecule has 0 bridgehead atoms. The van der Waals surface area contributed by atoms with Crippen molar-refractivity contribution in [2.24, 2.45) is 0 Å². The van der Waals surface area contributed by atoms with Crippen molar-refractivity contribution in [1.29, 1.82) is 0 Å². The Morgan fingerprint density at radius 2 is 2.10 bits per heavy atom. The number of esters is 1. The van der Waals surface area contributed by atoms with Gasteiger partial charge in [0, 0.05) is 5.57 Å². The lowest BCUT2D eigenvalue weighted by Crippen LogP contribution is -2.05. The van der Waals surface area contributed by atoms with Crippen LogP contribution < -0.4 is 0 Å². The number of hydrogen-bond acceptors (Lipinski definition) is 5. The van der Waals surface area contributed by atoms with E-state index in [1.54, 1.807) is 0 Å². The van der Waals surface area contributed by atoms with E-state index in [-0.39, 0.29) is 16.5 Å². The summed E-state index contributed by atoms with van der Waals surface area (Å²) in [5, 5.41) is 0.283. The zero-order chi connectivity index (χ0) is 15.0. The highest BCUT2D eigenvalue weighted by molar-refractivity contribution is 9.11. The second kappa shape index (κ2) is 5.54. The van der Waals surface area contributed by atoms with Gasteiger partial charge in [0.1, 0.15) is 3.79 Å². The lowest BCUT2D eigenvalue weighted by molar-refractivity contribution is 0.0594. The number of fused-ring (bicyclic) bond motifs is 1. The molecule has 21 heavy (non-hydrogen) atoms. The summed E-state index contributed by atoms with van der Waals surface area (Å²) >= 11 is 4.39. The van der Waals surface area contributed by atoms with E-state index in [9.17, 15) is 9.59 Å². The average Bonchev–Trinajstić information content (AvgIpc) is 3.09. The minimum atomic E-state index is -0.557. The molecule has 0 fully saturated rings. The molecule has 1 heterocycles. The minimum absolute atomic E-state index is 0.137. The van der Waals surface area contributed by atoms with Crippen molar-refractivity contribution >= 4 is 44.6 Å². The fourth-order valence-electron chi connectivity index (χ4n) is 2.23.